The highest BCUT2D eigenvalue weighted by molar-refractivity contribution is 6.08. The minimum absolute atomic E-state index is 0.00174. The zero-order valence-corrected chi connectivity index (χ0v) is 11.0. The smallest absolute Gasteiger partial charge is 0.189 e. The number of para-hydroxylation sites is 1. The molecule has 0 spiro atoms. The minimum Gasteiger partial charge on any atom is -0.507 e. The van der Waals surface area contributed by atoms with Crippen LogP contribution in [0.2, 0.25) is 0 Å². The lowest BCUT2D eigenvalue weighted by atomic mass is 10.1. The lowest BCUT2D eigenvalue weighted by molar-refractivity contribution is 0.104. The highest BCUT2D eigenvalue weighted by atomic mass is 16.3. The monoisotopic (exact) mass is 256 g/mol. The molecule has 0 aliphatic rings. The van der Waals surface area contributed by atoms with Crippen LogP contribution in [0.1, 0.15) is 28.5 Å². The maximum Gasteiger partial charge on any atom is 0.189 e. The lowest BCUT2D eigenvalue weighted by Crippen LogP contribution is -1.98. The van der Waals surface area contributed by atoms with Gasteiger partial charge in [-0.25, -0.2) is 0 Å². The van der Waals surface area contributed by atoms with Gasteiger partial charge in [0.15, 0.2) is 5.78 Å². The summed E-state index contributed by atoms with van der Waals surface area (Å²) in [5.74, 6) is -0.222. The van der Waals surface area contributed by atoms with E-state index in [0.717, 1.165) is 17.8 Å². The molecule has 0 radical (unpaired) electrons. The van der Waals surface area contributed by atoms with Gasteiger partial charge in [-0.05, 0) is 38.1 Å². The van der Waals surface area contributed by atoms with Crippen LogP contribution in [0.3, 0.4) is 0 Å². The second kappa shape index (κ2) is 5.52. The van der Waals surface area contributed by atoms with E-state index in [1.54, 1.807) is 30.5 Å². The van der Waals surface area contributed by atoms with Crippen molar-refractivity contribution in [2.24, 2.45) is 0 Å². The molecule has 0 unspecified atom stereocenters. The molecule has 0 amide bonds. The average Bonchev–Trinajstić information content (AvgIpc) is 2.77. The van der Waals surface area contributed by atoms with Crippen LogP contribution in [0.5, 0.6) is 5.75 Å². The molecule has 0 saturated carbocycles. The fourth-order valence-electron chi connectivity index (χ4n) is 1.88. The van der Waals surface area contributed by atoms with Gasteiger partial charge in [0.05, 0.1) is 11.8 Å². The molecular weight excluding hydrogens is 240 g/mol. The van der Waals surface area contributed by atoms with E-state index in [4.69, 9.17) is 0 Å². The van der Waals surface area contributed by atoms with Gasteiger partial charge in [0.2, 0.25) is 0 Å². The van der Waals surface area contributed by atoms with Crippen LogP contribution in [-0.4, -0.2) is 20.7 Å². The predicted molar refractivity (Wildman–Crippen MR) is 74.1 cm³/mol. The summed E-state index contributed by atoms with van der Waals surface area (Å²) in [7, 11) is 0. The number of hydrogen-bond acceptors (Lipinski definition) is 3. The highest BCUT2D eigenvalue weighted by Gasteiger charge is 2.07. The molecule has 98 valence electrons. The summed E-state index contributed by atoms with van der Waals surface area (Å²) < 4.78 is 1.87. The van der Waals surface area contributed by atoms with Crippen molar-refractivity contribution in [3.8, 4) is 5.75 Å². The molecule has 1 heterocycles. The van der Waals surface area contributed by atoms with E-state index in [1.807, 2.05) is 18.5 Å². The largest absolute Gasteiger partial charge is 0.507 e. The van der Waals surface area contributed by atoms with E-state index in [1.165, 1.54) is 12.1 Å². The van der Waals surface area contributed by atoms with Crippen molar-refractivity contribution in [3.05, 3.63) is 53.4 Å². The van der Waals surface area contributed by atoms with Crippen molar-refractivity contribution in [1.82, 2.24) is 9.78 Å². The maximum absolute atomic E-state index is 12.0. The number of aromatic hydroxyl groups is 1. The topological polar surface area (TPSA) is 55.1 Å². The third-order valence-electron chi connectivity index (χ3n) is 3.02. The van der Waals surface area contributed by atoms with Crippen molar-refractivity contribution in [3.63, 3.8) is 0 Å². The number of ketones is 1. The third kappa shape index (κ3) is 2.73. The molecule has 1 aromatic carbocycles. The average molecular weight is 256 g/mol. The van der Waals surface area contributed by atoms with Gasteiger partial charge in [0.25, 0.3) is 0 Å². The Morgan fingerprint density at radius 2 is 2.16 bits per heavy atom. The zero-order valence-electron chi connectivity index (χ0n) is 11.0. The van der Waals surface area contributed by atoms with E-state index in [9.17, 15) is 9.90 Å². The van der Waals surface area contributed by atoms with Crippen LogP contribution in [0, 0.1) is 6.92 Å². The number of allylic oxidation sites excluding steroid dienone is 1. The van der Waals surface area contributed by atoms with Crippen LogP contribution in [0.25, 0.3) is 6.08 Å². The lowest BCUT2D eigenvalue weighted by Gasteiger charge is -2.00. The predicted octanol–water partition coefficient (Wildman–Crippen LogP) is 2.81. The first-order valence-corrected chi connectivity index (χ1v) is 6.16. The fraction of sp³-hybridized carbons (Fsp3) is 0.200. The second-order valence-corrected chi connectivity index (χ2v) is 4.22. The van der Waals surface area contributed by atoms with E-state index in [2.05, 4.69) is 5.10 Å². The Morgan fingerprint density at radius 3 is 2.79 bits per heavy atom. The van der Waals surface area contributed by atoms with Gasteiger partial charge in [-0.3, -0.25) is 9.48 Å². The van der Waals surface area contributed by atoms with Crippen LogP contribution in [-0.2, 0) is 6.54 Å². The van der Waals surface area contributed by atoms with E-state index in [0.29, 0.717) is 5.56 Å². The molecule has 2 rings (SSSR count). The summed E-state index contributed by atoms with van der Waals surface area (Å²) in [6.07, 6.45) is 4.91. The number of rotatable bonds is 4. The Labute approximate surface area is 112 Å². The van der Waals surface area contributed by atoms with Gasteiger partial charge in [-0.2, -0.15) is 5.10 Å². The van der Waals surface area contributed by atoms with Gasteiger partial charge in [-0.15, -0.1) is 0 Å². The van der Waals surface area contributed by atoms with Crippen molar-refractivity contribution >= 4 is 11.9 Å². The first kappa shape index (κ1) is 13.1. The Balaban J connectivity index is 2.21. The van der Waals surface area contributed by atoms with Gasteiger partial charge >= 0.3 is 0 Å². The van der Waals surface area contributed by atoms with Crippen molar-refractivity contribution in [2.45, 2.75) is 20.4 Å². The standard InChI is InChI=1S/C15H16N2O2/c1-3-17-11(2)12(10-16-17)8-9-15(19)13-6-4-5-7-14(13)18/h4-10,18H,3H2,1-2H3. The van der Waals surface area contributed by atoms with Crippen molar-refractivity contribution in [2.75, 3.05) is 0 Å². The SMILES string of the molecule is CCn1ncc(C=CC(=O)c2ccccc2O)c1C. The van der Waals surface area contributed by atoms with Crippen molar-refractivity contribution < 1.29 is 9.90 Å². The molecule has 0 atom stereocenters. The van der Waals surface area contributed by atoms with E-state index >= 15 is 0 Å². The molecule has 0 aliphatic carbocycles. The first-order valence-electron chi connectivity index (χ1n) is 6.16. The number of hydrogen-bond donors (Lipinski definition) is 1. The quantitative estimate of drug-likeness (QED) is 0.676. The number of benzene rings is 1. The Hall–Kier alpha value is -2.36. The summed E-state index contributed by atoms with van der Waals surface area (Å²) in [6.45, 7) is 4.77. The van der Waals surface area contributed by atoms with Crippen LogP contribution >= 0.6 is 0 Å². The Morgan fingerprint density at radius 1 is 1.42 bits per heavy atom. The highest BCUT2D eigenvalue weighted by Crippen LogP contribution is 2.17. The summed E-state index contributed by atoms with van der Waals surface area (Å²) >= 11 is 0. The van der Waals surface area contributed by atoms with Crippen molar-refractivity contribution in [1.29, 1.82) is 0 Å². The number of phenols is 1. The van der Waals surface area contributed by atoms with Crippen LogP contribution in [0.4, 0.5) is 0 Å². The molecule has 1 aromatic heterocycles. The Bertz CT molecular complexity index is 627. The summed E-state index contributed by atoms with van der Waals surface area (Å²) in [5.41, 5.74) is 2.23. The summed E-state index contributed by atoms with van der Waals surface area (Å²) in [6, 6.07) is 6.51. The van der Waals surface area contributed by atoms with E-state index in [-0.39, 0.29) is 11.5 Å². The molecule has 0 fully saturated rings. The van der Waals surface area contributed by atoms with Gasteiger partial charge in [-0.1, -0.05) is 12.1 Å². The molecular formula is C15H16N2O2. The summed E-state index contributed by atoms with van der Waals surface area (Å²) in [5, 5.41) is 13.8. The van der Waals surface area contributed by atoms with Gasteiger partial charge in [0.1, 0.15) is 5.75 Å². The number of phenolic OH excluding ortho intramolecular Hbond substituents is 1. The molecule has 19 heavy (non-hydrogen) atoms. The minimum atomic E-state index is -0.221. The zero-order chi connectivity index (χ0) is 13.8. The van der Waals surface area contributed by atoms with Crippen LogP contribution in [0.15, 0.2) is 36.5 Å². The number of aromatic nitrogens is 2. The van der Waals surface area contributed by atoms with Gasteiger partial charge in [0, 0.05) is 17.8 Å². The molecule has 4 nitrogen and oxygen atoms in total. The Kier molecular flexibility index (Phi) is 3.80. The maximum atomic E-state index is 12.0. The third-order valence-corrected chi connectivity index (χ3v) is 3.02. The first-order chi connectivity index (χ1) is 9.13. The summed E-state index contributed by atoms with van der Waals surface area (Å²) in [4.78, 5) is 12.0. The second-order valence-electron chi connectivity index (χ2n) is 4.22. The van der Waals surface area contributed by atoms with Gasteiger partial charge < -0.3 is 5.11 Å². The molecule has 0 saturated heterocycles. The molecule has 1 N–H and O–H groups in total. The van der Waals surface area contributed by atoms with E-state index < -0.39 is 0 Å². The fourth-order valence-corrected chi connectivity index (χ4v) is 1.88. The number of carbonyl (C=O) groups excluding carboxylic acids is 1. The molecule has 4 heteroatoms. The molecule has 0 bridgehead atoms. The molecule has 0 aliphatic heterocycles. The normalized spacial score (nSPS) is 11.1. The number of carbonyl (C=O) groups is 1. The number of aryl methyl sites for hydroxylation is 1. The molecule has 2 aromatic rings. The van der Waals surface area contributed by atoms with Crippen LogP contribution < -0.4 is 0 Å². The number of nitrogens with zero attached hydrogens (tertiary/aromatic N) is 2.